The van der Waals surface area contributed by atoms with Crippen LogP contribution in [0.25, 0.3) is 0 Å². The van der Waals surface area contributed by atoms with Crippen LogP contribution in [0.2, 0.25) is 0 Å². The van der Waals surface area contributed by atoms with Crippen molar-refractivity contribution in [1.82, 2.24) is 5.32 Å². The molecule has 1 N–H and O–H groups in total. The predicted molar refractivity (Wildman–Crippen MR) is 74.4 cm³/mol. The number of hydrogen-bond acceptors (Lipinski definition) is 4. The molecule has 1 fully saturated rings. The van der Waals surface area contributed by atoms with Crippen molar-refractivity contribution in [2.75, 3.05) is 25.5 Å². The molecule has 2 aliphatic heterocycles. The smallest absolute Gasteiger partial charge is 0.161 e. The maximum atomic E-state index is 5.74. The van der Waals surface area contributed by atoms with Crippen LogP contribution < -0.4 is 14.8 Å². The Morgan fingerprint density at radius 3 is 2.83 bits per heavy atom. The summed E-state index contributed by atoms with van der Waals surface area (Å²) in [4.78, 5) is 0. The minimum absolute atomic E-state index is 0.387. The number of nitrogens with one attached hydrogen (secondary N) is 1. The molecule has 2 aliphatic rings. The second-order valence-corrected chi connectivity index (χ2v) is 6.12. The third-order valence-electron chi connectivity index (χ3n) is 3.27. The van der Waals surface area contributed by atoms with Crippen LogP contribution in [0.3, 0.4) is 0 Å². The summed E-state index contributed by atoms with van der Waals surface area (Å²) in [6, 6.07) is 6.31. The molecule has 98 valence electrons. The lowest BCUT2D eigenvalue weighted by molar-refractivity contribution is 0.297. The van der Waals surface area contributed by atoms with Gasteiger partial charge in [0.1, 0.15) is 0 Å². The highest BCUT2D eigenvalue weighted by molar-refractivity contribution is 7.99. The predicted octanol–water partition coefficient (Wildman–Crippen LogP) is 2.82. The highest BCUT2D eigenvalue weighted by atomic mass is 32.2. The zero-order valence-electron chi connectivity index (χ0n) is 10.6. The average Bonchev–Trinajstić information content (AvgIpc) is 2.64. The molecule has 1 saturated heterocycles. The van der Waals surface area contributed by atoms with E-state index in [-0.39, 0.29) is 0 Å². The number of thioether (sulfide) groups is 1. The quantitative estimate of drug-likeness (QED) is 0.846. The first-order valence-corrected chi connectivity index (χ1v) is 7.62. The monoisotopic (exact) mass is 265 g/mol. The summed E-state index contributed by atoms with van der Waals surface area (Å²) in [6.07, 6.45) is 0.956. The SMILES string of the molecule is CC1CNC(c2ccc3c(c2)OCCCO3)SC1. The number of benzene rings is 1. The molecule has 3 nitrogen and oxygen atoms in total. The van der Waals surface area contributed by atoms with Crippen LogP contribution in [0.15, 0.2) is 18.2 Å². The number of hydrogen-bond donors (Lipinski definition) is 1. The van der Waals surface area contributed by atoms with Gasteiger partial charge in [-0.2, -0.15) is 0 Å². The Labute approximate surface area is 112 Å². The van der Waals surface area contributed by atoms with Crippen LogP contribution >= 0.6 is 11.8 Å². The van der Waals surface area contributed by atoms with Crippen LogP contribution in [-0.4, -0.2) is 25.5 Å². The third-order valence-corrected chi connectivity index (χ3v) is 4.81. The molecule has 0 aromatic heterocycles. The number of fused-ring (bicyclic) bond motifs is 1. The molecular weight excluding hydrogens is 246 g/mol. The van der Waals surface area contributed by atoms with E-state index in [0.29, 0.717) is 5.37 Å². The first-order valence-electron chi connectivity index (χ1n) is 6.57. The van der Waals surface area contributed by atoms with Gasteiger partial charge in [0.05, 0.1) is 18.6 Å². The molecular formula is C14H19NO2S. The van der Waals surface area contributed by atoms with Crippen LogP contribution in [0.4, 0.5) is 0 Å². The summed E-state index contributed by atoms with van der Waals surface area (Å²) in [5.74, 6) is 3.75. The lowest BCUT2D eigenvalue weighted by atomic mass is 10.1. The molecule has 1 aromatic carbocycles. The Morgan fingerprint density at radius 1 is 1.22 bits per heavy atom. The fraction of sp³-hybridized carbons (Fsp3) is 0.571. The zero-order chi connectivity index (χ0) is 12.4. The van der Waals surface area contributed by atoms with Gasteiger partial charge in [0.25, 0.3) is 0 Å². The summed E-state index contributed by atoms with van der Waals surface area (Å²) in [7, 11) is 0. The minimum atomic E-state index is 0.387. The Morgan fingerprint density at radius 2 is 2.06 bits per heavy atom. The van der Waals surface area contributed by atoms with Gasteiger partial charge < -0.3 is 14.8 Å². The topological polar surface area (TPSA) is 30.5 Å². The molecule has 0 spiro atoms. The van der Waals surface area contributed by atoms with Gasteiger partial charge in [-0.3, -0.25) is 0 Å². The van der Waals surface area contributed by atoms with E-state index < -0.39 is 0 Å². The van der Waals surface area contributed by atoms with Crippen molar-refractivity contribution in [3.05, 3.63) is 23.8 Å². The fourth-order valence-corrected chi connectivity index (χ4v) is 3.44. The van der Waals surface area contributed by atoms with Crippen molar-refractivity contribution in [2.45, 2.75) is 18.7 Å². The maximum absolute atomic E-state index is 5.74. The Kier molecular flexibility index (Phi) is 3.66. The van der Waals surface area contributed by atoms with Crippen molar-refractivity contribution >= 4 is 11.8 Å². The Balaban J connectivity index is 1.79. The van der Waals surface area contributed by atoms with E-state index in [9.17, 15) is 0 Å². The summed E-state index contributed by atoms with van der Waals surface area (Å²) >= 11 is 1.97. The second-order valence-electron chi connectivity index (χ2n) is 4.98. The molecule has 0 radical (unpaired) electrons. The molecule has 4 heteroatoms. The van der Waals surface area contributed by atoms with Gasteiger partial charge in [0.15, 0.2) is 11.5 Å². The van der Waals surface area contributed by atoms with Crippen LogP contribution in [0.5, 0.6) is 11.5 Å². The molecule has 0 aliphatic carbocycles. The van der Waals surface area contributed by atoms with Gasteiger partial charge in [-0.05, 0) is 35.9 Å². The van der Waals surface area contributed by atoms with Crippen LogP contribution in [0.1, 0.15) is 24.3 Å². The molecule has 0 saturated carbocycles. The Bertz CT molecular complexity index is 416. The summed E-state index contributed by atoms with van der Waals surface area (Å²) in [6.45, 7) is 4.87. The van der Waals surface area contributed by atoms with E-state index in [1.165, 1.54) is 11.3 Å². The van der Waals surface area contributed by atoms with Gasteiger partial charge >= 0.3 is 0 Å². The maximum Gasteiger partial charge on any atom is 0.161 e. The van der Waals surface area contributed by atoms with Gasteiger partial charge in [0.2, 0.25) is 0 Å². The fourth-order valence-electron chi connectivity index (χ4n) is 2.24. The molecule has 18 heavy (non-hydrogen) atoms. The standard InChI is InChI=1S/C14H19NO2S/c1-10-8-15-14(18-9-10)11-3-4-12-13(7-11)17-6-2-5-16-12/h3-4,7,10,14-15H,2,5-6,8-9H2,1H3. The average molecular weight is 265 g/mol. The van der Waals surface area contributed by atoms with E-state index in [1.54, 1.807) is 0 Å². The first kappa shape index (κ1) is 12.2. The van der Waals surface area contributed by atoms with Crippen LogP contribution in [-0.2, 0) is 0 Å². The van der Waals surface area contributed by atoms with Crippen molar-refractivity contribution in [3.8, 4) is 11.5 Å². The van der Waals surface area contributed by atoms with Crippen molar-refractivity contribution < 1.29 is 9.47 Å². The van der Waals surface area contributed by atoms with Gasteiger partial charge in [-0.15, -0.1) is 11.8 Å². The highest BCUT2D eigenvalue weighted by Crippen LogP contribution is 2.37. The third kappa shape index (κ3) is 2.59. The van der Waals surface area contributed by atoms with E-state index >= 15 is 0 Å². The van der Waals surface area contributed by atoms with Gasteiger partial charge in [0, 0.05) is 6.42 Å². The number of rotatable bonds is 1. The summed E-state index contributed by atoms with van der Waals surface area (Å²) in [5, 5.41) is 3.96. The summed E-state index contributed by atoms with van der Waals surface area (Å²) < 4.78 is 11.4. The van der Waals surface area contributed by atoms with Gasteiger partial charge in [-0.25, -0.2) is 0 Å². The van der Waals surface area contributed by atoms with Crippen molar-refractivity contribution in [1.29, 1.82) is 0 Å². The van der Waals surface area contributed by atoms with E-state index in [0.717, 1.165) is 43.6 Å². The van der Waals surface area contributed by atoms with E-state index in [1.807, 2.05) is 17.8 Å². The lowest BCUT2D eigenvalue weighted by Gasteiger charge is -2.28. The molecule has 2 heterocycles. The lowest BCUT2D eigenvalue weighted by Crippen LogP contribution is -2.31. The van der Waals surface area contributed by atoms with Crippen molar-refractivity contribution in [2.24, 2.45) is 5.92 Å². The molecule has 3 rings (SSSR count). The molecule has 0 amide bonds. The zero-order valence-corrected chi connectivity index (χ0v) is 11.5. The molecule has 1 aromatic rings. The van der Waals surface area contributed by atoms with E-state index in [4.69, 9.17) is 9.47 Å². The summed E-state index contributed by atoms with van der Waals surface area (Å²) in [5.41, 5.74) is 1.29. The van der Waals surface area contributed by atoms with E-state index in [2.05, 4.69) is 24.4 Å². The largest absolute Gasteiger partial charge is 0.490 e. The molecule has 2 unspecified atom stereocenters. The molecule has 0 bridgehead atoms. The minimum Gasteiger partial charge on any atom is -0.490 e. The van der Waals surface area contributed by atoms with Gasteiger partial charge in [-0.1, -0.05) is 13.0 Å². The van der Waals surface area contributed by atoms with Crippen LogP contribution in [0, 0.1) is 5.92 Å². The molecule has 2 atom stereocenters. The first-order chi connectivity index (χ1) is 8.83. The Hall–Kier alpha value is -0.870. The number of ether oxygens (including phenoxy) is 2. The normalized spacial score (nSPS) is 27.6. The highest BCUT2D eigenvalue weighted by Gasteiger charge is 2.21. The van der Waals surface area contributed by atoms with Crippen molar-refractivity contribution in [3.63, 3.8) is 0 Å². The second kappa shape index (κ2) is 5.41.